The number of aliphatic imine (C=N–C) groups is 1. The number of rotatable bonds is 5. The topological polar surface area (TPSA) is 96.7 Å². The van der Waals surface area contributed by atoms with Crippen LogP contribution in [0.4, 0.5) is 5.95 Å². The predicted octanol–water partition coefficient (Wildman–Crippen LogP) is 4.34. The van der Waals surface area contributed by atoms with E-state index in [2.05, 4.69) is 21.5 Å². The number of allylic oxidation sites excluding steroid dienone is 1. The van der Waals surface area contributed by atoms with Gasteiger partial charge in [0.15, 0.2) is 0 Å². The van der Waals surface area contributed by atoms with Crippen molar-refractivity contribution >= 4 is 52.3 Å². The first-order valence-electron chi connectivity index (χ1n) is 12.0. The van der Waals surface area contributed by atoms with Crippen molar-refractivity contribution in [2.75, 3.05) is 18.4 Å². The summed E-state index contributed by atoms with van der Waals surface area (Å²) in [6.07, 6.45) is 9.10. The molecule has 1 unspecified atom stereocenters. The molecular weight excluding hydrogens is 474 g/mol. The number of thiophene rings is 1. The first-order valence-corrected chi connectivity index (χ1v) is 12.8. The molecule has 1 atom stereocenters. The standard InChI is InChI=1S/C27H25N5O3S/c1-2-24(34)31-12-11-27(16-31)13-18(14-27)32-20-6-4-3-5-19(20)29-26(32)30-25(35)22-9-8-21(36-22)17-7-10-23(33)28-15-17/h2-10,15,17-18H,1,11-14,16H2,(H,29,30,35). The second-order valence-electron chi connectivity index (χ2n) is 9.73. The fourth-order valence-electron chi connectivity index (χ4n) is 5.63. The number of likely N-dealkylation sites (tertiary alicyclic amines) is 1. The number of para-hydroxylation sites is 2. The third-order valence-electron chi connectivity index (χ3n) is 7.44. The average Bonchev–Trinajstić information content (AvgIpc) is 3.60. The maximum absolute atomic E-state index is 13.2. The van der Waals surface area contributed by atoms with Crippen LogP contribution in [0.5, 0.6) is 0 Å². The van der Waals surface area contributed by atoms with Crippen LogP contribution in [-0.4, -0.2) is 51.5 Å². The number of benzene rings is 1. The van der Waals surface area contributed by atoms with Crippen molar-refractivity contribution in [3.63, 3.8) is 0 Å². The summed E-state index contributed by atoms with van der Waals surface area (Å²) in [6, 6.07) is 11.8. The van der Waals surface area contributed by atoms with Gasteiger partial charge in [0.05, 0.1) is 15.9 Å². The lowest BCUT2D eigenvalue weighted by Gasteiger charge is -2.46. The predicted molar refractivity (Wildman–Crippen MR) is 139 cm³/mol. The Morgan fingerprint density at radius 1 is 1.19 bits per heavy atom. The zero-order chi connectivity index (χ0) is 24.9. The number of dihydropyridines is 1. The summed E-state index contributed by atoms with van der Waals surface area (Å²) in [5.74, 6) is -0.0571. The number of hydrogen-bond donors (Lipinski definition) is 1. The van der Waals surface area contributed by atoms with E-state index in [0.717, 1.165) is 48.3 Å². The SMILES string of the molecule is C=CC(=O)N1CCC2(CC(n3c(NC(=O)c4ccc(C5C=CC(=O)N=C5)s4)nc4ccccc43)C2)C1. The molecule has 9 heteroatoms. The van der Waals surface area contributed by atoms with Crippen molar-refractivity contribution in [2.24, 2.45) is 10.4 Å². The minimum Gasteiger partial charge on any atom is -0.339 e. The minimum atomic E-state index is -0.268. The lowest BCUT2D eigenvalue weighted by Crippen LogP contribution is -2.42. The third-order valence-corrected chi connectivity index (χ3v) is 8.62. The number of carbonyl (C=O) groups is 3. The number of nitrogens with zero attached hydrogens (tertiary/aromatic N) is 4. The second kappa shape index (κ2) is 8.67. The average molecular weight is 500 g/mol. The molecule has 1 saturated carbocycles. The molecule has 182 valence electrons. The molecule has 1 saturated heterocycles. The second-order valence-corrected chi connectivity index (χ2v) is 10.8. The van der Waals surface area contributed by atoms with Gasteiger partial charge >= 0.3 is 0 Å². The van der Waals surface area contributed by atoms with Gasteiger partial charge in [0.2, 0.25) is 11.9 Å². The zero-order valence-corrected chi connectivity index (χ0v) is 20.4. The molecule has 1 aromatic carbocycles. The van der Waals surface area contributed by atoms with E-state index in [-0.39, 0.29) is 35.1 Å². The summed E-state index contributed by atoms with van der Waals surface area (Å²) < 4.78 is 2.15. The molecule has 3 aliphatic rings. The highest BCUT2D eigenvalue weighted by Gasteiger charge is 2.50. The van der Waals surface area contributed by atoms with Gasteiger partial charge in [-0.05, 0) is 55.0 Å². The summed E-state index contributed by atoms with van der Waals surface area (Å²) in [4.78, 5) is 48.6. The molecule has 1 spiro atoms. The molecule has 2 fully saturated rings. The maximum atomic E-state index is 13.2. The highest BCUT2D eigenvalue weighted by atomic mass is 32.1. The van der Waals surface area contributed by atoms with Crippen LogP contribution in [0.25, 0.3) is 11.0 Å². The van der Waals surface area contributed by atoms with Crippen molar-refractivity contribution in [3.05, 3.63) is 71.0 Å². The molecule has 3 aromatic rings. The normalized spacial score (nSPS) is 24.9. The molecule has 0 radical (unpaired) electrons. The van der Waals surface area contributed by atoms with Crippen LogP contribution < -0.4 is 5.32 Å². The van der Waals surface area contributed by atoms with E-state index < -0.39 is 0 Å². The van der Waals surface area contributed by atoms with E-state index in [9.17, 15) is 14.4 Å². The van der Waals surface area contributed by atoms with Crippen molar-refractivity contribution in [3.8, 4) is 0 Å². The summed E-state index contributed by atoms with van der Waals surface area (Å²) >= 11 is 1.38. The Kier molecular flexibility index (Phi) is 5.44. The molecule has 36 heavy (non-hydrogen) atoms. The van der Waals surface area contributed by atoms with Gasteiger partial charge in [0.25, 0.3) is 11.8 Å². The van der Waals surface area contributed by atoms with Crippen molar-refractivity contribution < 1.29 is 14.4 Å². The van der Waals surface area contributed by atoms with Crippen LogP contribution in [0.15, 0.2) is 66.2 Å². The monoisotopic (exact) mass is 499 g/mol. The zero-order valence-electron chi connectivity index (χ0n) is 19.6. The molecule has 8 nitrogen and oxygen atoms in total. The summed E-state index contributed by atoms with van der Waals surface area (Å²) in [5.41, 5.74) is 1.95. The fourth-order valence-corrected chi connectivity index (χ4v) is 6.57. The molecule has 3 amide bonds. The number of fused-ring (bicyclic) bond motifs is 1. The highest BCUT2D eigenvalue weighted by Crippen LogP contribution is 2.55. The number of hydrogen-bond acceptors (Lipinski definition) is 5. The van der Waals surface area contributed by atoms with E-state index in [1.54, 1.807) is 18.4 Å². The van der Waals surface area contributed by atoms with Gasteiger partial charge in [-0.15, -0.1) is 11.3 Å². The van der Waals surface area contributed by atoms with Crippen molar-refractivity contribution in [1.29, 1.82) is 0 Å². The van der Waals surface area contributed by atoms with Crippen LogP contribution in [-0.2, 0) is 9.59 Å². The number of carbonyl (C=O) groups excluding carboxylic acids is 3. The first-order chi connectivity index (χ1) is 17.4. The van der Waals surface area contributed by atoms with Crippen LogP contribution in [0.1, 0.15) is 45.8 Å². The molecule has 2 aromatic heterocycles. The number of imidazole rings is 1. The minimum absolute atomic E-state index is 0.00624. The molecule has 2 aliphatic heterocycles. The lowest BCUT2D eigenvalue weighted by molar-refractivity contribution is -0.125. The lowest BCUT2D eigenvalue weighted by atomic mass is 9.65. The summed E-state index contributed by atoms with van der Waals surface area (Å²) in [5, 5.41) is 3.04. The smallest absolute Gasteiger partial charge is 0.269 e. The Morgan fingerprint density at radius 2 is 2.03 bits per heavy atom. The third kappa shape index (κ3) is 3.89. The van der Waals surface area contributed by atoms with Gasteiger partial charge in [0, 0.05) is 42.2 Å². The Hall–Kier alpha value is -3.85. The summed E-state index contributed by atoms with van der Waals surface area (Å²) in [6.45, 7) is 5.14. The van der Waals surface area contributed by atoms with E-state index in [1.165, 1.54) is 23.5 Å². The van der Waals surface area contributed by atoms with Crippen LogP contribution in [0, 0.1) is 5.41 Å². The number of amides is 3. The Bertz CT molecular complexity index is 1440. The number of nitrogens with one attached hydrogen (secondary N) is 1. The first kappa shape index (κ1) is 22.6. The quantitative estimate of drug-likeness (QED) is 0.528. The maximum Gasteiger partial charge on any atom is 0.269 e. The van der Waals surface area contributed by atoms with Crippen molar-refractivity contribution in [2.45, 2.75) is 31.2 Å². The largest absolute Gasteiger partial charge is 0.339 e. The summed E-state index contributed by atoms with van der Waals surface area (Å²) in [7, 11) is 0. The van der Waals surface area contributed by atoms with Gasteiger partial charge in [-0.1, -0.05) is 24.8 Å². The molecule has 1 N–H and O–H groups in total. The number of anilines is 1. The van der Waals surface area contributed by atoms with Gasteiger partial charge in [-0.3, -0.25) is 19.7 Å². The molecule has 4 heterocycles. The molecule has 6 rings (SSSR count). The van der Waals surface area contributed by atoms with Crippen LogP contribution in [0.2, 0.25) is 0 Å². The van der Waals surface area contributed by atoms with Gasteiger partial charge in [-0.25, -0.2) is 9.98 Å². The van der Waals surface area contributed by atoms with E-state index in [1.807, 2.05) is 35.2 Å². The molecule has 0 bridgehead atoms. The molecular formula is C27H25N5O3S. The Morgan fingerprint density at radius 3 is 2.81 bits per heavy atom. The van der Waals surface area contributed by atoms with Crippen molar-refractivity contribution in [1.82, 2.24) is 14.5 Å². The van der Waals surface area contributed by atoms with Gasteiger partial charge in [0.1, 0.15) is 0 Å². The molecule has 1 aliphatic carbocycles. The fraction of sp³-hybridized carbons (Fsp3) is 0.296. The van der Waals surface area contributed by atoms with Crippen LogP contribution in [0.3, 0.4) is 0 Å². The van der Waals surface area contributed by atoms with Crippen LogP contribution >= 0.6 is 11.3 Å². The van der Waals surface area contributed by atoms with E-state index in [4.69, 9.17) is 4.98 Å². The van der Waals surface area contributed by atoms with Gasteiger partial charge < -0.3 is 9.47 Å². The Balaban J connectivity index is 1.22. The number of aromatic nitrogens is 2. The van der Waals surface area contributed by atoms with E-state index >= 15 is 0 Å². The Labute approximate surface area is 212 Å². The highest BCUT2D eigenvalue weighted by molar-refractivity contribution is 7.14. The van der Waals surface area contributed by atoms with Gasteiger partial charge in [-0.2, -0.15) is 0 Å². The van der Waals surface area contributed by atoms with E-state index in [0.29, 0.717) is 10.8 Å².